The minimum Gasteiger partial charge on any atom is -0.456 e. The normalized spacial score (nSPS) is 11.8. The van der Waals surface area contributed by atoms with Crippen LogP contribution in [-0.2, 0) is 0 Å². The second-order valence-electron chi connectivity index (χ2n) is 18.6. The zero-order chi connectivity index (χ0) is 46.0. The summed E-state index contributed by atoms with van der Waals surface area (Å²) < 4.78 is 9.44. The Morgan fingerprint density at radius 1 is 0.343 bits per heavy atom. The van der Waals surface area contributed by atoms with Crippen molar-refractivity contribution in [2.45, 2.75) is 0 Å². The summed E-state index contributed by atoms with van der Waals surface area (Å²) >= 11 is 0. The van der Waals surface area contributed by atoms with Gasteiger partial charge in [0, 0.05) is 38.1 Å². The summed E-state index contributed by atoms with van der Waals surface area (Å²) in [5, 5.41) is 9.44. The molecule has 0 aliphatic heterocycles. The van der Waals surface area contributed by atoms with E-state index in [1.54, 1.807) is 0 Å². The minimum atomic E-state index is 0.567. The fourth-order valence-electron chi connectivity index (χ4n) is 10.9. The third-order valence-electron chi connectivity index (χ3n) is 15.3. The highest BCUT2D eigenvalue weighted by Gasteiger charge is 2.27. The molecule has 0 aliphatic rings. The Hall–Kier alpha value is -7.31. The molecule has 9 aromatic carbocycles. The molecule has 0 bridgehead atoms. The zero-order valence-corrected chi connectivity index (χ0v) is 39.5. The molecule has 306 valence electrons. The van der Waals surface area contributed by atoms with Gasteiger partial charge in [0.05, 0.1) is 11.0 Å². The second-order valence-corrected chi connectivity index (χ2v) is 18.6. The topological polar surface area (TPSA) is 56.7 Å². The summed E-state index contributed by atoms with van der Waals surface area (Å²) in [5.74, 6) is 1.79. The van der Waals surface area contributed by atoms with E-state index in [1.165, 1.54) is 65.4 Å². The number of fused-ring (bicyclic) bond motifs is 9. The van der Waals surface area contributed by atoms with Gasteiger partial charge in [-0.1, -0.05) is 154 Å². The van der Waals surface area contributed by atoms with Crippen molar-refractivity contribution in [1.82, 2.24) is 19.5 Å². The standard InChI is InChI=1S/C53H41B9N4O/c54-40-36-38(43(57)46(60)45(59)41(36)55)49-37(42(40)56)35-39(44(58)47(61)48(62)50(35)67-49)52-63-51(64-53(65-52)66-33-14-5-3-12-31(33)32-13-4-6-15-34(32)66)30-11-7-10-28(23-30)25-16-18-26(19-17-25)29-21-20-24-8-1-2-9-27(24)22-29/h1-23H,54-62H2. The summed E-state index contributed by atoms with van der Waals surface area (Å²) in [4.78, 5) is 16.5. The Kier molecular flexibility index (Phi) is 9.45. The van der Waals surface area contributed by atoms with Crippen LogP contribution in [0.4, 0.5) is 0 Å². The van der Waals surface area contributed by atoms with Crippen molar-refractivity contribution in [3.8, 4) is 51.0 Å². The zero-order valence-electron chi connectivity index (χ0n) is 39.5. The lowest BCUT2D eigenvalue weighted by atomic mass is 9.61. The van der Waals surface area contributed by atoms with Gasteiger partial charge in [0.15, 0.2) is 11.6 Å². The lowest BCUT2D eigenvalue weighted by molar-refractivity contribution is 0.676. The van der Waals surface area contributed by atoms with Crippen molar-refractivity contribution in [1.29, 1.82) is 0 Å². The van der Waals surface area contributed by atoms with Gasteiger partial charge in [0.25, 0.3) is 0 Å². The molecule has 0 atom stereocenters. The van der Waals surface area contributed by atoms with Crippen LogP contribution < -0.4 is 49.2 Å². The lowest BCUT2D eigenvalue weighted by Gasteiger charge is -2.20. The predicted molar refractivity (Wildman–Crippen MR) is 312 cm³/mol. The lowest BCUT2D eigenvalue weighted by Crippen LogP contribution is -2.50. The largest absolute Gasteiger partial charge is 0.456 e. The highest BCUT2D eigenvalue weighted by Crippen LogP contribution is 2.37. The molecular formula is C53H41B9N4O. The van der Waals surface area contributed by atoms with Crippen LogP contribution in [0, 0.1) is 0 Å². The van der Waals surface area contributed by atoms with E-state index in [1.807, 2.05) is 0 Å². The second kappa shape index (κ2) is 15.4. The van der Waals surface area contributed by atoms with Gasteiger partial charge in [-0.05, 0) is 62.7 Å². The van der Waals surface area contributed by atoms with Crippen molar-refractivity contribution in [3.63, 3.8) is 0 Å². The van der Waals surface area contributed by atoms with E-state index >= 15 is 0 Å². The van der Waals surface area contributed by atoms with Gasteiger partial charge in [-0.25, -0.2) is 4.98 Å². The molecule has 0 amide bonds. The Labute approximate surface area is 397 Å². The monoisotopic (exact) mass is 848 g/mol. The Bertz CT molecular complexity index is 4060. The molecule has 0 spiro atoms. The van der Waals surface area contributed by atoms with Crippen molar-refractivity contribution in [2.24, 2.45) is 0 Å². The van der Waals surface area contributed by atoms with Crippen molar-refractivity contribution < 1.29 is 4.42 Å². The Morgan fingerprint density at radius 3 is 1.54 bits per heavy atom. The predicted octanol–water partition coefficient (Wildman–Crippen LogP) is -1.83. The quantitative estimate of drug-likeness (QED) is 0.192. The van der Waals surface area contributed by atoms with E-state index in [-0.39, 0.29) is 0 Å². The van der Waals surface area contributed by atoms with E-state index in [4.69, 9.17) is 19.4 Å². The summed E-state index contributed by atoms with van der Waals surface area (Å²) in [6, 6.07) is 49.7. The molecule has 3 heterocycles. The Balaban J connectivity index is 1.11. The molecule has 12 aromatic rings. The third-order valence-corrected chi connectivity index (χ3v) is 15.3. The molecular weight excluding hydrogens is 806 g/mol. The van der Waals surface area contributed by atoms with E-state index < -0.39 is 0 Å². The number of furan rings is 1. The summed E-state index contributed by atoms with van der Waals surface area (Å²) in [7, 11) is 20.1. The molecule has 12 rings (SSSR count). The number of nitrogens with zero attached hydrogens (tertiary/aromatic N) is 4. The minimum absolute atomic E-state index is 0.567. The van der Waals surface area contributed by atoms with E-state index in [2.05, 4.69) is 215 Å². The SMILES string of the molecule is Bc1c(B)c(-c2nc(-c3cccc(-c4ccc(-c5ccc6ccccc6c5)cc4)c3)nc(-n3c4ccccc4c4ccccc43)n2)c2c(oc3c4c(B)c(B)c(B)c(B)c4c(B)c(B)c32)c1B. The van der Waals surface area contributed by atoms with E-state index in [0.717, 1.165) is 82.4 Å². The molecule has 67 heavy (non-hydrogen) atoms. The summed E-state index contributed by atoms with van der Waals surface area (Å²) in [6.45, 7) is 0. The molecule has 0 saturated heterocycles. The van der Waals surface area contributed by atoms with Gasteiger partial charge in [-0.15, -0.1) is 10.9 Å². The van der Waals surface area contributed by atoms with E-state index in [9.17, 15) is 0 Å². The number of para-hydroxylation sites is 2. The van der Waals surface area contributed by atoms with Crippen LogP contribution in [0.5, 0.6) is 0 Å². The third kappa shape index (κ3) is 6.18. The van der Waals surface area contributed by atoms with Crippen LogP contribution in [0.1, 0.15) is 0 Å². The maximum atomic E-state index is 7.24. The average molecular weight is 847 g/mol. The van der Waals surface area contributed by atoms with Gasteiger partial charge in [0.2, 0.25) is 5.95 Å². The molecule has 5 nitrogen and oxygen atoms in total. The maximum Gasteiger partial charge on any atom is 0.238 e. The molecule has 0 unspecified atom stereocenters. The fourth-order valence-corrected chi connectivity index (χ4v) is 10.9. The van der Waals surface area contributed by atoms with Gasteiger partial charge >= 0.3 is 0 Å². The van der Waals surface area contributed by atoms with Crippen molar-refractivity contribution >= 4 is 185 Å². The van der Waals surface area contributed by atoms with Gasteiger partial charge in [0.1, 0.15) is 81.8 Å². The number of benzene rings is 9. The van der Waals surface area contributed by atoms with Crippen LogP contribution >= 0.6 is 0 Å². The van der Waals surface area contributed by atoms with Crippen LogP contribution in [0.15, 0.2) is 144 Å². The molecule has 0 N–H and O–H groups in total. The highest BCUT2D eigenvalue weighted by molar-refractivity contribution is 6.72. The fraction of sp³-hybridized carbons (Fsp3) is 0. The van der Waals surface area contributed by atoms with Crippen LogP contribution in [-0.4, -0.2) is 90.1 Å². The smallest absolute Gasteiger partial charge is 0.238 e. The molecule has 0 saturated carbocycles. The number of rotatable bonds is 5. The number of aromatic nitrogens is 4. The summed E-state index contributed by atoms with van der Waals surface area (Å²) in [5.41, 5.74) is 21.5. The van der Waals surface area contributed by atoms with Crippen LogP contribution in [0.3, 0.4) is 0 Å². The first kappa shape index (κ1) is 41.1. The Morgan fingerprint density at radius 2 is 0.851 bits per heavy atom. The molecule has 0 aliphatic carbocycles. The molecule has 0 fully saturated rings. The summed E-state index contributed by atoms with van der Waals surface area (Å²) in [6.07, 6.45) is 0. The highest BCUT2D eigenvalue weighted by atomic mass is 16.3. The molecule has 3 aromatic heterocycles. The first-order chi connectivity index (χ1) is 32.5. The molecule has 0 radical (unpaired) electrons. The van der Waals surface area contributed by atoms with Crippen LogP contribution in [0.25, 0.3) is 116 Å². The van der Waals surface area contributed by atoms with Crippen molar-refractivity contribution in [2.75, 3.05) is 0 Å². The van der Waals surface area contributed by atoms with Gasteiger partial charge in [-0.3, -0.25) is 4.57 Å². The first-order valence-corrected chi connectivity index (χ1v) is 23.3. The first-order valence-electron chi connectivity index (χ1n) is 23.3. The number of hydrogen-bond acceptors (Lipinski definition) is 4. The average Bonchev–Trinajstić information content (AvgIpc) is 3.92. The van der Waals surface area contributed by atoms with Gasteiger partial charge < -0.3 is 4.42 Å². The van der Waals surface area contributed by atoms with Gasteiger partial charge in [-0.2, -0.15) is 9.97 Å². The number of hydrogen-bond donors (Lipinski definition) is 0. The van der Waals surface area contributed by atoms with Crippen LogP contribution in [0.2, 0.25) is 0 Å². The molecule has 14 heteroatoms. The van der Waals surface area contributed by atoms with E-state index in [0.29, 0.717) is 17.6 Å². The van der Waals surface area contributed by atoms with Crippen molar-refractivity contribution in [3.05, 3.63) is 140 Å². The maximum absolute atomic E-state index is 7.24.